The first kappa shape index (κ1) is 23.4. The second kappa shape index (κ2) is 11.4. The number of fused-ring (bicyclic) bond motifs is 1. The van der Waals surface area contributed by atoms with E-state index in [4.69, 9.17) is 9.47 Å². The van der Waals surface area contributed by atoms with Gasteiger partial charge < -0.3 is 19.7 Å². The maximum Gasteiger partial charge on any atom is 0.238 e. The third-order valence-corrected chi connectivity index (χ3v) is 6.82. The average Bonchev–Trinajstić information content (AvgIpc) is 3.08. The molecule has 1 saturated heterocycles. The molecule has 176 valence electrons. The number of piperazine rings is 1. The van der Waals surface area contributed by atoms with Crippen LogP contribution in [0.15, 0.2) is 47.4 Å². The van der Waals surface area contributed by atoms with Crippen LogP contribution in [0.3, 0.4) is 0 Å². The Kier molecular flexibility index (Phi) is 8.12. The van der Waals surface area contributed by atoms with Crippen molar-refractivity contribution in [2.75, 3.05) is 57.0 Å². The van der Waals surface area contributed by atoms with Gasteiger partial charge in [0.2, 0.25) is 11.8 Å². The van der Waals surface area contributed by atoms with Gasteiger partial charge in [0.25, 0.3) is 0 Å². The molecule has 2 aromatic rings. The highest BCUT2D eigenvalue weighted by Crippen LogP contribution is 2.34. The van der Waals surface area contributed by atoms with E-state index in [-0.39, 0.29) is 11.8 Å². The molecule has 0 unspecified atom stereocenters. The van der Waals surface area contributed by atoms with Crippen LogP contribution >= 0.6 is 11.8 Å². The Labute approximate surface area is 199 Å². The van der Waals surface area contributed by atoms with E-state index in [0.29, 0.717) is 51.7 Å². The Hall–Kier alpha value is -2.71. The number of hydrogen-bond donors (Lipinski definition) is 1. The number of para-hydroxylation sites is 1. The molecule has 0 aromatic heterocycles. The van der Waals surface area contributed by atoms with Crippen LogP contribution < -0.4 is 14.8 Å². The zero-order valence-corrected chi connectivity index (χ0v) is 19.9. The second-order valence-corrected chi connectivity index (χ2v) is 9.21. The summed E-state index contributed by atoms with van der Waals surface area (Å²) in [4.78, 5) is 30.2. The summed E-state index contributed by atoms with van der Waals surface area (Å²) in [6, 6.07) is 13.7. The third-order valence-electron chi connectivity index (χ3n) is 5.85. The predicted octanol–water partition coefficient (Wildman–Crippen LogP) is 3.29. The molecule has 2 aliphatic rings. The molecule has 33 heavy (non-hydrogen) atoms. The van der Waals surface area contributed by atoms with Gasteiger partial charge in [0, 0.05) is 43.2 Å². The summed E-state index contributed by atoms with van der Waals surface area (Å²) < 4.78 is 11.4. The first-order valence-corrected chi connectivity index (χ1v) is 12.5. The Bertz CT molecular complexity index is 976. The van der Waals surface area contributed by atoms with E-state index < -0.39 is 0 Å². The molecule has 2 aromatic carbocycles. The highest BCUT2D eigenvalue weighted by molar-refractivity contribution is 8.00. The summed E-state index contributed by atoms with van der Waals surface area (Å²) in [5, 5.41) is 3.02. The zero-order valence-electron chi connectivity index (χ0n) is 19.0. The molecule has 0 radical (unpaired) electrons. The van der Waals surface area contributed by atoms with Crippen LogP contribution in [0.2, 0.25) is 0 Å². The van der Waals surface area contributed by atoms with Crippen molar-refractivity contribution in [3.8, 4) is 11.5 Å². The van der Waals surface area contributed by atoms with Gasteiger partial charge in [-0.15, -0.1) is 11.8 Å². The maximum absolute atomic E-state index is 12.7. The number of nitrogens with one attached hydrogen (secondary N) is 1. The van der Waals surface area contributed by atoms with E-state index >= 15 is 0 Å². The summed E-state index contributed by atoms with van der Waals surface area (Å²) >= 11 is 1.51. The van der Waals surface area contributed by atoms with Crippen LogP contribution in [0.1, 0.15) is 18.9 Å². The van der Waals surface area contributed by atoms with E-state index in [0.717, 1.165) is 40.5 Å². The van der Waals surface area contributed by atoms with E-state index in [2.05, 4.69) is 17.1 Å². The number of amides is 2. The van der Waals surface area contributed by atoms with Crippen molar-refractivity contribution in [1.29, 1.82) is 0 Å². The minimum Gasteiger partial charge on any atom is -0.490 e. The van der Waals surface area contributed by atoms with Gasteiger partial charge in [-0.05, 0) is 36.2 Å². The van der Waals surface area contributed by atoms with Crippen LogP contribution in [0.25, 0.3) is 0 Å². The zero-order chi connectivity index (χ0) is 23.0. The predicted molar refractivity (Wildman–Crippen MR) is 130 cm³/mol. The Morgan fingerprint density at radius 3 is 2.55 bits per heavy atom. The number of hydrogen-bond acceptors (Lipinski definition) is 6. The topological polar surface area (TPSA) is 71.1 Å². The molecule has 2 amide bonds. The smallest absolute Gasteiger partial charge is 0.238 e. The number of aryl methyl sites for hydroxylation is 1. The molecule has 1 fully saturated rings. The summed E-state index contributed by atoms with van der Waals surface area (Å²) in [7, 11) is 0. The van der Waals surface area contributed by atoms with E-state index in [1.165, 1.54) is 11.8 Å². The fourth-order valence-corrected chi connectivity index (χ4v) is 4.80. The molecule has 2 heterocycles. The standard InChI is InChI=1S/C25H31N3O4S/c1-2-19-6-3-4-7-21(19)26-24(29)17-27-10-12-28(13-11-27)25(30)18-33-20-8-9-22-23(16-20)32-15-5-14-31-22/h3-4,6-9,16H,2,5,10-15,17-18H2,1H3,(H,26,29). The molecule has 0 aliphatic carbocycles. The van der Waals surface area contributed by atoms with Crippen LogP contribution in [-0.4, -0.2) is 73.3 Å². The van der Waals surface area contributed by atoms with Crippen LogP contribution in [0, 0.1) is 0 Å². The highest BCUT2D eigenvalue weighted by atomic mass is 32.2. The van der Waals surface area contributed by atoms with Crippen molar-refractivity contribution in [3.05, 3.63) is 48.0 Å². The molecular formula is C25H31N3O4S. The van der Waals surface area contributed by atoms with Crippen LogP contribution in [0.5, 0.6) is 11.5 Å². The molecule has 0 spiro atoms. The average molecular weight is 470 g/mol. The first-order valence-electron chi connectivity index (χ1n) is 11.5. The molecule has 8 heteroatoms. The first-order chi connectivity index (χ1) is 16.1. The Morgan fingerprint density at radius 1 is 1.00 bits per heavy atom. The number of ether oxygens (including phenoxy) is 2. The maximum atomic E-state index is 12.7. The minimum absolute atomic E-state index is 0.0133. The lowest BCUT2D eigenvalue weighted by Gasteiger charge is -2.34. The number of thioether (sulfide) groups is 1. The van der Waals surface area contributed by atoms with Gasteiger partial charge in [0.15, 0.2) is 11.5 Å². The lowest BCUT2D eigenvalue weighted by atomic mass is 10.1. The number of nitrogens with zero attached hydrogens (tertiary/aromatic N) is 2. The second-order valence-electron chi connectivity index (χ2n) is 8.16. The van der Waals surface area contributed by atoms with Crippen LogP contribution in [-0.2, 0) is 16.0 Å². The summed E-state index contributed by atoms with van der Waals surface area (Å²) in [6.45, 7) is 6.40. The van der Waals surface area contributed by atoms with Gasteiger partial charge in [-0.1, -0.05) is 25.1 Å². The molecule has 0 saturated carbocycles. The molecule has 7 nitrogen and oxygen atoms in total. The minimum atomic E-state index is -0.0133. The van der Waals surface area contributed by atoms with Gasteiger partial charge >= 0.3 is 0 Å². The van der Waals surface area contributed by atoms with Gasteiger partial charge in [0.1, 0.15) is 0 Å². The molecule has 2 aliphatic heterocycles. The number of anilines is 1. The largest absolute Gasteiger partial charge is 0.490 e. The number of carbonyl (C=O) groups excluding carboxylic acids is 2. The van der Waals surface area contributed by atoms with Crippen molar-refractivity contribution in [2.45, 2.75) is 24.7 Å². The van der Waals surface area contributed by atoms with Crippen molar-refractivity contribution in [2.24, 2.45) is 0 Å². The van der Waals surface area contributed by atoms with Gasteiger partial charge in [-0.25, -0.2) is 0 Å². The normalized spacial score (nSPS) is 16.2. The molecule has 0 bridgehead atoms. The summed E-state index contributed by atoms with van der Waals surface area (Å²) in [5.41, 5.74) is 2.01. The van der Waals surface area contributed by atoms with Crippen molar-refractivity contribution in [3.63, 3.8) is 0 Å². The lowest BCUT2D eigenvalue weighted by Crippen LogP contribution is -2.50. The van der Waals surface area contributed by atoms with Gasteiger partial charge in [-0.3, -0.25) is 14.5 Å². The lowest BCUT2D eigenvalue weighted by molar-refractivity contribution is -0.130. The number of benzene rings is 2. The summed E-state index contributed by atoms with van der Waals surface area (Å²) in [5.74, 6) is 2.00. The van der Waals surface area contributed by atoms with Crippen molar-refractivity contribution >= 4 is 29.3 Å². The monoisotopic (exact) mass is 469 g/mol. The SMILES string of the molecule is CCc1ccccc1NC(=O)CN1CCN(C(=O)CSc2ccc3c(c2)OCCCO3)CC1. The molecule has 1 N–H and O–H groups in total. The van der Waals surface area contributed by atoms with Crippen molar-refractivity contribution < 1.29 is 19.1 Å². The van der Waals surface area contributed by atoms with E-state index in [1.807, 2.05) is 47.4 Å². The van der Waals surface area contributed by atoms with E-state index in [1.54, 1.807) is 0 Å². The molecule has 4 rings (SSSR count). The fraction of sp³-hybridized carbons (Fsp3) is 0.440. The quantitative estimate of drug-likeness (QED) is 0.628. The number of rotatable bonds is 7. The highest BCUT2D eigenvalue weighted by Gasteiger charge is 2.23. The Morgan fingerprint density at radius 2 is 1.76 bits per heavy atom. The number of carbonyl (C=O) groups is 2. The fourth-order valence-electron chi connectivity index (χ4n) is 3.97. The van der Waals surface area contributed by atoms with Gasteiger partial charge in [-0.2, -0.15) is 0 Å². The Balaban J connectivity index is 1.20. The van der Waals surface area contributed by atoms with E-state index in [9.17, 15) is 9.59 Å². The third kappa shape index (κ3) is 6.42. The van der Waals surface area contributed by atoms with Crippen LogP contribution in [0.4, 0.5) is 5.69 Å². The molecule has 0 atom stereocenters. The molecular weight excluding hydrogens is 438 g/mol. The van der Waals surface area contributed by atoms with Gasteiger partial charge in [0.05, 0.1) is 25.5 Å². The summed E-state index contributed by atoms with van der Waals surface area (Å²) in [6.07, 6.45) is 1.75. The van der Waals surface area contributed by atoms with Crippen molar-refractivity contribution in [1.82, 2.24) is 9.80 Å².